The number of likely N-dealkylation sites (tertiary alicyclic amines) is 1. The molecule has 0 bridgehead atoms. The van der Waals surface area contributed by atoms with Crippen molar-refractivity contribution in [2.45, 2.75) is 57.4 Å². The molecule has 0 radical (unpaired) electrons. The van der Waals surface area contributed by atoms with E-state index in [4.69, 9.17) is 24.9 Å². The predicted octanol–water partition coefficient (Wildman–Crippen LogP) is 3.34. The van der Waals surface area contributed by atoms with Crippen LogP contribution in [0.5, 0.6) is 17.2 Å². The van der Waals surface area contributed by atoms with Crippen molar-refractivity contribution in [1.82, 2.24) is 14.9 Å². The van der Waals surface area contributed by atoms with Crippen LogP contribution in [-0.2, 0) is 9.59 Å². The molecule has 2 amide bonds. The summed E-state index contributed by atoms with van der Waals surface area (Å²) in [5.41, 5.74) is 6.77. The minimum atomic E-state index is -0.0818. The first kappa shape index (κ1) is 26.1. The number of benzene rings is 1. The Morgan fingerprint density at radius 3 is 2.11 bits per heavy atom. The summed E-state index contributed by atoms with van der Waals surface area (Å²) in [6, 6.07) is 1.66. The number of carbonyl (C=O) groups excluding carboxylic acids is 2. The summed E-state index contributed by atoms with van der Waals surface area (Å²) in [4.78, 5) is 38.9. The van der Waals surface area contributed by atoms with Gasteiger partial charge in [0.2, 0.25) is 23.5 Å². The number of amides is 2. The van der Waals surface area contributed by atoms with Gasteiger partial charge in [0.25, 0.3) is 0 Å². The SMILES string of the molecule is COc1cc2c(N)nc(N3CCC(N4C(=O)CC5(CCCC5)CC4=O)CC3)nc2c(OC)c1OC.Cl. The molecule has 1 aromatic carbocycles. The Kier molecular flexibility index (Phi) is 7.36. The molecule has 0 unspecified atom stereocenters. The zero-order valence-electron chi connectivity index (χ0n) is 21.0. The number of anilines is 2. The van der Waals surface area contributed by atoms with Crippen molar-refractivity contribution in [2.75, 3.05) is 45.1 Å². The van der Waals surface area contributed by atoms with E-state index in [0.717, 1.165) is 25.7 Å². The van der Waals surface area contributed by atoms with E-state index in [2.05, 4.69) is 4.98 Å². The third kappa shape index (κ3) is 4.36. The summed E-state index contributed by atoms with van der Waals surface area (Å²) in [7, 11) is 4.63. The number of carbonyl (C=O) groups is 2. The Morgan fingerprint density at radius 2 is 1.56 bits per heavy atom. The number of aromatic nitrogens is 2. The lowest BCUT2D eigenvalue weighted by molar-refractivity contribution is -0.156. The molecule has 5 rings (SSSR count). The summed E-state index contributed by atoms with van der Waals surface area (Å²) in [5, 5.41) is 0.614. The molecule has 3 heterocycles. The number of fused-ring (bicyclic) bond motifs is 1. The van der Waals surface area contributed by atoms with Gasteiger partial charge in [0.05, 0.1) is 26.7 Å². The molecule has 10 nitrogen and oxygen atoms in total. The quantitative estimate of drug-likeness (QED) is 0.593. The van der Waals surface area contributed by atoms with Crippen LogP contribution in [0.1, 0.15) is 51.4 Å². The number of nitrogens with two attached hydrogens (primary N) is 1. The summed E-state index contributed by atoms with van der Waals surface area (Å²) in [6.45, 7) is 1.24. The maximum atomic E-state index is 13.0. The number of hydrogen-bond donors (Lipinski definition) is 1. The zero-order chi connectivity index (χ0) is 24.7. The number of piperidine rings is 2. The molecule has 2 N–H and O–H groups in total. The highest BCUT2D eigenvalue weighted by Crippen LogP contribution is 2.48. The van der Waals surface area contributed by atoms with Crippen molar-refractivity contribution in [3.8, 4) is 17.2 Å². The Balaban J connectivity index is 0.00000304. The lowest BCUT2D eigenvalue weighted by atomic mass is 9.75. The maximum absolute atomic E-state index is 13.0. The van der Waals surface area contributed by atoms with Crippen LogP contribution >= 0.6 is 12.4 Å². The van der Waals surface area contributed by atoms with Crippen molar-refractivity contribution >= 4 is 46.9 Å². The van der Waals surface area contributed by atoms with E-state index in [1.54, 1.807) is 32.3 Å². The largest absolute Gasteiger partial charge is 0.493 e. The lowest BCUT2D eigenvalue weighted by Gasteiger charge is -2.43. The molecule has 1 aromatic heterocycles. The van der Waals surface area contributed by atoms with Crippen LogP contribution in [-0.4, -0.2) is 67.1 Å². The van der Waals surface area contributed by atoms with Gasteiger partial charge >= 0.3 is 0 Å². The second-order valence-corrected chi connectivity index (χ2v) is 9.89. The number of hydrogen-bond acceptors (Lipinski definition) is 9. The van der Waals surface area contributed by atoms with Gasteiger partial charge in [-0.1, -0.05) is 12.8 Å². The Morgan fingerprint density at radius 1 is 0.944 bits per heavy atom. The van der Waals surface area contributed by atoms with Gasteiger partial charge in [0, 0.05) is 32.0 Å². The Hall–Kier alpha value is -3.01. The molecular weight excluding hydrogens is 486 g/mol. The number of rotatable bonds is 5. The zero-order valence-corrected chi connectivity index (χ0v) is 21.9. The average molecular weight is 520 g/mol. The first-order valence-electron chi connectivity index (χ1n) is 12.3. The van der Waals surface area contributed by atoms with Gasteiger partial charge in [0.15, 0.2) is 11.5 Å². The standard InChI is InChI=1S/C25H33N5O5.ClH/c1-33-17-12-16-20(22(35-3)21(17)34-2)27-24(28-23(16)26)29-10-6-15(7-11-29)30-18(31)13-25(14-19(30)32)8-4-5-9-25;/h12,15H,4-11,13-14H2,1-3H3,(H2,26,27,28);1H. The number of halogens is 1. The molecule has 3 aliphatic rings. The van der Waals surface area contributed by atoms with Crippen molar-refractivity contribution in [3.05, 3.63) is 6.07 Å². The van der Waals surface area contributed by atoms with Gasteiger partial charge < -0.3 is 24.8 Å². The predicted molar refractivity (Wildman–Crippen MR) is 138 cm³/mol. The van der Waals surface area contributed by atoms with Gasteiger partial charge in [-0.2, -0.15) is 4.98 Å². The Labute approximate surface area is 216 Å². The van der Waals surface area contributed by atoms with Crippen molar-refractivity contribution < 1.29 is 23.8 Å². The summed E-state index contributed by atoms with van der Waals surface area (Å²) < 4.78 is 16.5. The highest BCUT2D eigenvalue weighted by Gasteiger charge is 2.47. The van der Waals surface area contributed by atoms with E-state index < -0.39 is 0 Å². The van der Waals surface area contributed by atoms with Gasteiger partial charge in [0.1, 0.15) is 11.3 Å². The molecule has 2 aromatic rings. The first-order chi connectivity index (χ1) is 16.9. The molecule has 1 aliphatic carbocycles. The monoisotopic (exact) mass is 519 g/mol. The van der Waals surface area contributed by atoms with Crippen LogP contribution in [0.3, 0.4) is 0 Å². The smallest absolute Gasteiger partial charge is 0.230 e. The van der Waals surface area contributed by atoms with Crippen molar-refractivity contribution in [3.63, 3.8) is 0 Å². The average Bonchev–Trinajstić information content (AvgIpc) is 3.29. The molecular formula is C25H34ClN5O5. The topological polar surface area (TPSA) is 120 Å². The number of nitrogens with zero attached hydrogens (tertiary/aromatic N) is 4. The van der Waals surface area contributed by atoms with Crippen LogP contribution in [0.2, 0.25) is 0 Å². The minimum absolute atomic E-state index is 0. The molecule has 1 spiro atoms. The number of methoxy groups -OCH3 is 3. The van der Waals surface area contributed by atoms with Gasteiger partial charge in [-0.05, 0) is 37.2 Å². The first-order valence-corrected chi connectivity index (χ1v) is 12.3. The number of nitrogen functional groups attached to an aromatic ring is 1. The second kappa shape index (κ2) is 10.2. The molecule has 11 heteroatoms. The molecule has 1 saturated carbocycles. The van der Waals surface area contributed by atoms with Gasteiger partial charge in [-0.3, -0.25) is 14.5 Å². The van der Waals surface area contributed by atoms with E-state index in [1.807, 2.05) is 4.90 Å². The highest BCUT2D eigenvalue weighted by molar-refractivity contribution is 5.99. The van der Waals surface area contributed by atoms with Crippen molar-refractivity contribution in [1.29, 1.82) is 0 Å². The van der Waals surface area contributed by atoms with E-state index in [1.165, 1.54) is 0 Å². The third-order valence-electron chi connectivity index (χ3n) is 7.88. The maximum Gasteiger partial charge on any atom is 0.230 e. The van der Waals surface area contributed by atoms with Crippen LogP contribution in [0.4, 0.5) is 11.8 Å². The fraction of sp³-hybridized carbons (Fsp3) is 0.600. The fourth-order valence-electron chi connectivity index (χ4n) is 6.11. The molecule has 2 aliphatic heterocycles. The molecule has 0 atom stereocenters. The van der Waals surface area contributed by atoms with Crippen LogP contribution in [0.25, 0.3) is 10.9 Å². The highest BCUT2D eigenvalue weighted by atomic mass is 35.5. The van der Waals surface area contributed by atoms with Crippen LogP contribution in [0, 0.1) is 5.41 Å². The van der Waals surface area contributed by atoms with Gasteiger partial charge in [-0.15, -0.1) is 12.4 Å². The van der Waals surface area contributed by atoms with Crippen LogP contribution < -0.4 is 24.8 Å². The Bertz CT molecular complexity index is 1140. The van der Waals surface area contributed by atoms with E-state index in [0.29, 0.717) is 78.7 Å². The number of ether oxygens (including phenoxy) is 3. The van der Waals surface area contributed by atoms with E-state index in [-0.39, 0.29) is 35.7 Å². The fourth-order valence-corrected chi connectivity index (χ4v) is 6.11. The normalized spacial score (nSPS) is 20.1. The summed E-state index contributed by atoms with van der Waals surface area (Å²) >= 11 is 0. The molecule has 36 heavy (non-hydrogen) atoms. The molecule has 2 saturated heterocycles. The second-order valence-electron chi connectivity index (χ2n) is 9.89. The van der Waals surface area contributed by atoms with Crippen molar-refractivity contribution in [2.24, 2.45) is 5.41 Å². The summed E-state index contributed by atoms with van der Waals surface area (Å²) in [5.74, 6) is 2.15. The molecule has 196 valence electrons. The minimum Gasteiger partial charge on any atom is -0.493 e. The number of imide groups is 1. The van der Waals surface area contributed by atoms with E-state index >= 15 is 0 Å². The van der Waals surface area contributed by atoms with E-state index in [9.17, 15) is 9.59 Å². The summed E-state index contributed by atoms with van der Waals surface area (Å²) in [6.07, 6.45) is 6.61. The lowest BCUT2D eigenvalue weighted by Crippen LogP contribution is -2.55. The molecule has 3 fully saturated rings. The van der Waals surface area contributed by atoms with Crippen LogP contribution in [0.15, 0.2) is 6.07 Å². The van der Waals surface area contributed by atoms with Gasteiger partial charge in [-0.25, -0.2) is 4.98 Å². The third-order valence-corrected chi connectivity index (χ3v) is 7.88.